The Labute approximate surface area is 117 Å². The van der Waals surface area contributed by atoms with Crippen LogP contribution < -0.4 is 5.23 Å². The van der Waals surface area contributed by atoms with Crippen LogP contribution in [0.25, 0.3) is 0 Å². The maximum absolute atomic E-state index is 3.80. The third-order valence-corrected chi connectivity index (χ3v) is 13.7. The molecule has 0 radical (unpaired) electrons. The molecule has 2 heterocycles. The molecule has 5 atom stereocenters. The van der Waals surface area contributed by atoms with E-state index in [0.29, 0.717) is 0 Å². The van der Waals surface area contributed by atoms with E-state index in [-0.39, 0.29) is 15.6 Å². The number of hydrogen-bond acceptors (Lipinski definition) is 1. The summed E-state index contributed by atoms with van der Waals surface area (Å²) in [7, 11) is 2.68. The molecule has 4 heteroatoms. The maximum Gasteiger partial charge on any atom is 0.280 e. The summed E-state index contributed by atoms with van der Waals surface area (Å²) in [5.74, 6) is 0. The SMILES string of the molecule is CC[C@@H]1CC[C@@H](C)P1B(NC)P1[C@H](C)CC[C@H]1C. The first kappa shape index (κ1) is 15.3. The van der Waals surface area contributed by atoms with E-state index in [2.05, 4.69) is 40.0 Å². The maximum atomic E-state index is 3.80. The largest absolute Gasteiger partial charge is 0.350 e. The van der Waals surface area contributed by atoms with Crippen LogP contribution in [-0.2, 0) is 0 Å². The predicted molar refractivity (Wildman–Crippen MR) is 89.6 cm³/mol. The molecule has 0 aromatic heterocycles. The Morgan fingerprint density at radius 3 is 1.94 bits per heavy atom. The molecule has 2 rings (SSSR count). The number of hydrogen-bond donors (Lipinski definition) is 1. The van der Waals surface area contributed by atoms with Crippen molar-refractivity contribution in [3.63, 3.8) is 0 Å². The predicted octanol–water partition coefficient (Wildman–Crippen LogP) is 4.69. The highest BCUT2D eigenvalue weighted by atomic mass is 31.2. The molecule has 2 aliphatic rings. The fourth-order valence-corrected chi connectivity index (χ4v) is 14.2. The molecule has 0 bridgehead atoms. The average molecular weight is 285 g/mol. The summed E-state index contributed by atoms with van der Waals surface area (Å²) in [6, 6.07) is 0. The van der Waals surface area contributed by atoms with Crippen molar-refractivity contribution >= 4 is 21.9 Å². The van der Waals surface area contributed by atoms with Crippen molar-refractivity contribution in [1.29, 1.82) is 0 Å². The van der Waals surface area contributed by atoms with Gasteiger partial charge in [0.15, 0.2) is 0 Å². The Morgan fingerprint density at radius 1 is 0.944 bits per heavy atom. The molecule has 0 amide bonds. The number of rotatable bonds is 4. The molecule has 0 spiro atoms. The van der Waals surface area contributed by atoms with Gasteiger partial charge in [-0.1, -0.05) is 27.7 Å². The zero-order chi connectivity index (χ0) is 13.3. The van der Waals surface area contributed by atoms with Crippen molar-refractivity contribution < 1.29 is 0 Å². The standard InChI is InChI=1S/C14H30BNP2/c1-6-14-10-9-13(4)18(14)15(16-5)17-11(2)7-8-12(17)3/h11-14,16H,6-10H2,1-5H3/t11-,12-,13-,14-,18?/m1/s1. The first-order valence-corrected chi connectivity index (χ1v) is 10.9. The highest BCUT2D eigenvalue weighted by molar-refractivity contribution is 8.20. The summed E-state index contributed by atoms with van der Waals surface area (Å²) >= 11 is 0. The van der Waals surface area contributed by atoms with Crippen LogP contribution in [0.5, 0.6) is 0 Å². The van der Waals surface area contributed by atoms with Gasteiger partial charge in [0, 0.05) is 0 Å². The van der Waals surface area contributed by atoms with E-state index in [4.69, 9.17) is 0 Å². The van der Waals surface area contributed by atoms with Crippen LogP contribution in [-0.4, -0.2) is 36.0 Å². The fraction of sp³-hybridized carbons (Fsp3) is 1.00. The summed E-state index contributed by atoms with van der Waals surface area (Å²) in [5, 5.41) is 3.80. The van der Waals surface area contributed by atoms with Crippen molar-refractivity contribution in [1.82, 2.24) is 5.23 Å². The fourth-order valence-electron chi connectivity index (χ4n) is 4.10. The Bertz CT molecular complexity index is 267. The van der Waals surface area contributed by atoms with Crippen LogP contribution in [0.1, 0.15) is 59.8 Å². The van der Waals surface area contributed by atoms with Crippen LogP contribution in [0.3, 0.4) is 0 Å². The van der Waals surface area contributed by atoms with Gasteiger partial charge in [-0.15, -0.1) is 15.6 Å². The van der Waals surface area contributed by atoms with Crippen molar-refractivity contribution in [3.05, 3.63) is 0 Å². The minimum absolute atomic E-state index is 0.217. The zero-order valence-electron chi connectivity index (χ0n) is 12.8. The van der Waals surface area contributed by atoms with Crippen LogP contribution >= 0.6 is 15.6 Å². The van der Waals surface area contributed by atoms with Gasteiger partial charge >= 0.3 is 0 Å². The summed E-state index contributed by atoms with van der Waals surface area (Å²) in [5.41, 5.74) is 4.06. The van der Waals surface area contributed by atoms with E-state index in [9.17, 15) is 0 Å². The molecule has 2 fully saturated rings. The van der Waals surface area contributed by atoms with E-state index in [1.807, 2.05) is 0 Å². The molecule has 1 N–H and O–H groups in total. The molecule has 2 aliphatic heterocycles. The summed E-state index contributed by atoms with van der Waals surface area (Å²) in [6.45, 7) is 10.00. The first-order valence-electron chi connectivity index (χ1n) is 7.82. The van der Waals surface area contributed by atoms with Gasteiger partial charge in [0.05, 0.1) is 0 Å². The molecule has 1 unspecified atom stereocenters. The van der Waals surface area contributed by atoms with Gasteiger partial charge in [0.2, 0.25) is 0 Å². The van der Waals surface area contributed by atoms with Crippen molar-refractivity contribution in [2.45, 2.75) is 82.4 Å². The van der Waals surface area contributed by atoms with Gasteiger partial charge in [0.25, 0.3) is 6.29 Å². The van der Waals surface area contributed by atoms with Crippen LogP contribution in [0.4, 0.5) is 0 Å². The van der Waals surface area contributed by atoms with Crippen molar-refractivity contribution in [3.8, 4) is 0 Å². The molecule has 18 heavy (non-hydrogen) atoms. The van der Waals surface area contributed by atoms with Gasteiger partial charge in [0.1, 0.15) is 0 Å². The Hall–Kier alpha value is 0.885. The summed E-state index contributed by atoms with van der Waals surface area (Å²) in [6.07, 6.45) is 8.28. The molecule has 0 aliphatic carbocycles. The summed E-state index contributed by atoms with van der Waals surface area (Å²) < 4.78 is 0. The minimum Gasteiger partial charge on any atom is -0.350 e. The van der Waals surface area contributed by atoms with Crippen molar-refractivity contribution in [2.24, 2.45) is 0 Å². The minimum atomic E-state index is 0.217. The third kappa shape index (κ3) is 2.82. The highest BCUT2D eigenvalue weighted by Gasteiger charge is 2.47. The lowest BCUT2D eigenvalue weighted by Gasteiger charge is -2.37. The molecular weight excluding hydrogens is 255 g/mol. The topological polar surface area (TPSA) is 12.0 Å². The van der Waals surface area contributed by atoms with E-state index in [0.717, 1.165) is 28.9 Å². The number of nitrogens with one attached hydrogen (secondary N) is 1. The van der Waals surface area contributed by atoms with Crippen LogP contribution in [0.15, 0.2) is 0 Å². The second-order valence-electron chi connectivity index (χ2n) is 6.32. The molecule has 2 saturated heterocycles. The van der Waals surface area contributed by atoms with E-state index >= 15 is 0 Å². The Kier molecular flexibility index (Phi) is 5.57. The quantitative estimate of drug-likeness (QED) is 0.584. The lowest BCUT2D eigenvalue weighted by atomic mass is 10.2. The van der Waals surface area contributed by atoms with Gasteiger partial charge in [-0.25, -0.2) is 0 Å². The molecular formula is C14H30BNP2. The summed E-state index contributed by atoms with van der Waals surface area (Å²) in [4.78, 5) is 0. The van der Waals surface area contributed by atoms with Crippen LogP contribution in [0.2, 0.25) is 0 Å². The van der Waals surface area contributed by atoms with E-state index < -0.39 is 0 Å². The Balaban J connectivity index is 2.16. The zero-order valence-corrected chi connectivity index (χ0v) is 14.6. The Morgan fingerprint density at radius 2 is 1.44 bits per heavy atom. The molecule has 1 nitrogen and oxygen atoms in total. The average Bonchev–Trinajstić information content (AvgIpc) is 2.88. The van der Waals surface area contributed by atoms with Crippen molar-refractivity contribution in [2.75, 3.05) is 7.05 Å². The molecule has 0 aromatic carbocycles. The van der Waals surface area contributed by atoms with Crippen LogP contribution in [0, 0.1) is 0 Å². The van der Waals surface area contributed by atoms with Gasteiger partial charge in [-0.2, -0.15) is 0 Å². The van der Waals surface area contributed by atoms with E-state index in [1.54, 1.807) is 0 Å². The molecule has 104 valence electrons. The molecule has 0 aromatic rings. The third-order valence-electron chi connectivity index (χ3n) is 5.16. The van der Waals surface area contributed by atoms with Gasteiger partial charge < -0.3 is 5.23 Å². The lowest BCUT2D eigenvalue weighted by Crippen LogP contribution is -2.34. The van der Waals surface area contributed by atoms with E-state index in [1.165, 1.54) is 32.1 Å². The smallest absolute Gasteiger partial charge is 0.280 e. The normalized spacial score (nSPS) is 41.5. The van der Waals surface area contributed by atoms with Gasteiger partial charge in [-0.05, 0) is 61.8 Å². The highest BCUT2D eigenvalue weighted by Crippen LogP contribution is 2.69. The second-order valence-corrected chi connectivity index (χ2v) is 12.9. The molecule has 0 saturated carbocycles. The monoisotopic (exact) mass is 285 g/mol. The first-order chi connectivity index (χ1) is 8.60. The second kappa shape index (κ2) is 6.56. The lowest BCUT2D eigenvalue weighted by molar-refractivity contribution is 0.726. The van der Waals surface area contributed by atoms with Gasteiger partial charge in [-0.3, -0.25) is 0 Å².